The number of pyridine rings is 3. The Morgan fingerprint density at radius 3 is 1.30 bits per heavy atom. The fraction of sp³-hybridized carbons (Fsp3) is 0.382. The third-order valence-corrected chi connectivity index (χ3v) is 22.5. The smallest absolute Gasteiger partial charge is 0.369 e. The number of nitrogens with two attached hydrogens (primary N) is 1. The molecule has 4 aliphatic rings. The first-order chi connectivity index (χ1) is 51.7. The first kappa shape index (κ1) is 76.6. The lowest BCUT2D eigenvalue weighted by Crippen LogP contribution is -2.35. The molecule has 7 aromatic heterocycles. The summed E-state index contributed by atoms with van der Waals surface area (Å²) < 4.78 is 67.5. The van der Waals surface area contributed by atoms with E-state index in [1.807, 2.05) is 37.6 Å². The van der Waals surface area contributed by atoms with Crippen LogP contribution in [0.2, 0.25) is 0 Å². The number of hydrogen-bond acceptors (Lipinski definition) is 10. The summed E-state index contributed by atoms with van der Waals surface area (Å²) in [6.07, 6.45) is 8.44. The Morgan fingerprint density at radius 2 is 0.907 bits per heavy atom. The molecule has 0 saturated heterocycles. The molecule has 108 heavy (non-hydrogen) atoms. The second-order valence-electron chi connectivity index (χ2n) is 31.2. The molecular formula is C89H102F4N12O3. The summed E-state index contributed by atoms with van der Waals surface area (Å²) in [6.45, 7) is 27.5. The zero-order valence-corrected chi connectivity index (χ0v) is 64.6. The van der Waals surface area contributed by atoms with Crippen molar-refractivity contribution in [2.45, 2.75) is 163 Å². The Kier molecular flexibility index (Phi) is 22.9. The van der Waals surface area contributed by atoms with E-state index in [1.54, 1.807) is 31.3 Å². The van der Waals surface area contributed by atoms with Gasteiger partial charge in [-0.3, -0.25) is 24.5 Å². The summed E-state index contributed by atoms with van der Waals surface area (Å²) in [4.78, 5) is 45.5. The van der Waals surface area contributed by atoms with E-state index >= 15 is 0 Å². The maximum absolute atomic E-state index is 13.3. The van der Waals surface area contributed by atoms with Crippen LogP contribution in [0.1, 0.15) is 141 Å². The number of halogens is 4. The normalized spacial score (nSPS) is 16.2. The van der Waals surface area contributed by atoms with Crippen LogP contribution in [-0.2, 0) is 104 Å². The molecule has 4 unspecified atom stereocenters. The number of alkyl halides is 3. The van der Waals surface area contributed by atoms with Crippen LogP contribution in [0.5, 0.6) is 0 Å². The third kappa shape index (κ3) is 16.7. The summed E-state index contributed by atoms with van der Waals surface area (Å²) in [5, 5.41) is 5.31. The number of fused-ring (bicyclic) bond motifs is 12. The summed E-state index contributed by atoms with van der Waals surface area (Å²) in [6, 6.07) is 43.5. The molecule has 5 aromatic carbocycles. The highest BCUT2D eigenvalue weighted by atomic mass is 19.4. The molecule has 2 N–H and O–H groups in total. The molecule has 15 nitrogen and oxygen atoms in total. The van der Waals surface area contributed by atoms with Gasteiger partial charge in [0.2, 0.25) is 5.91 Å². The van der Waals surface area contributed by atoms with Crippen molar-refractivity contribution in [3.63, 3.8) is 0 Å². The topological polar surface area (TPSA) is 141 Å². The van der Waals surface area contributed by atoms with Gasteiger partial charge in [-0.2, -0.15) is 13.2 Å². The number of carbonyl (C=O) groups excluding carboxylic acids is 2. The van der Waals surface area contributed by atoms with Gasteiger partial charge in [-0.05, 0) is 200 Å². The molecule has 564 valence electrons. The average molecular weight is 1460 g/mol. The molecule has 0 spiro atoms. The molecule has 4 atom stereocenters. The lowest BCUT2D eigenvalue weighted by molar-refractivity contribution is -0.141. The van der Waals surface area contributed by atoms with Crippen LogP contribution in [0, 0.1) is 33.5 Å². The van der Waals surface area contributed by atoms with Gasteiger partial charge in [-0.15, -0.1) is 0 Å². The fourth-order valence-electron chi connectivity index (χ4n) is 16.6. The molecule has 19 heteroatoms. The van der Waals surface area contributed by atoms with Crippen LogP contribution < -0.4 is 5.73 Å². The minimum Gasteiger partial charge on any atom is -0.369 e. The largest absolute Gasteiger partial charge is 0.433 e. The van der Waals surface area contributed by atoms with Gasteiger partial charge in [-0.25, -0.2) is 4.39 Å². The second-order valence-corrected chi connectivity index (χ2v) is 31.2. The summed E-state index contributed by atoms with van der Waals surface area (Å²) in [5.41, 5.74) is 29.4. The van der Waals surface area contributed by atoms with Gasteiger partial charge in [0.05, 0.1) is 12.5 Å². The molecule has 0 aliphatic carbocycles. The maximum atomic E-state index is 13.3. The Labute approximate surface area is 632 Å². The van der Waals surface area contributed by atoms with Crippen LogP contribution in [0.25, 0.3) is 43.6 Å². The molecule has 12 aromatic rings. The number of Topliss-reactive ketones (excluding diaryl/α,β-unsaturated/α-hetero) is 1. The first-order valence-corrected chi connectivity index (χ1v) is 37.9. The Hall–Kier alpha value is -9.63. The molecule has 0 saturated carbocycles. The Morgan fingerprint density at radius 1 is 0.500 bits per heavy atom. The molecule has 11 heterocycles. The van der Waals surface area contributed by atoms with E-state index in [1.165, 1.54) is 129 Å². The summed E-state index contributed by atoms with van der Waals surface area (Å²) in [7, 11) is 8.67. The summed E-state index contributed by atoms with van der Waals surface area (Å²) >= 11 is 0. The van der Waals surface area contributed by atoms with Crippen LogP contribution >= 0.6 is 0 Å². The molecule has 1 amide bonds. The molecular weight excluding hydrogens is 1360 g/mol. The van der Waals surface area contributed by atoms with Crippen molar-refractivity contribution in [3.8, 4) is 0 Å². The van der Waals surface area contributed by atoms with Crippen molar-refractivity contribution in [2.75, 3.05) is 61.0 Å². The number of rotatable bonds is 16. The van der Waals surface area contributed by atoms with E-state index in [-0.39, 0.29) is 24.1 Å². The Bertz CT molecular complexity index is 5220. The van der Waals surface area contributed by atoms with Crippen molar-refractivity contribution in [3.05, 3.63) is 265 Å². The monoisotopic (exact) mass is 1460 g/mol. The van der Waals surface area contributed by atoms with E-state index in [0.717, 1.165) is 119 Å². The average Bonchev–Trinajstić information content (AvgIpc) is 1.62. The van der Waals surface area contributed by atoms with Gasteiger partial charge in [0.1, 0.15) is 23.7 Å². The number of ether oxygens (including phenoxy) is 1. The summed E-state index contributed by atoms with van der Waals surface area (Å²) in [5.74, 6) is -0.631. The third-order valence-electron chi connectivity index (χ3n) is 22.5. The van der Waals surface area contributed by atoms with Crippen LogP contribution in [-0.4, -0.2) is 125 Å². The lowest BCUT2D eigenvalue weighted by atomic mass is 9.96. The van der Waals surface area contributed by atoms with Crippen molar-refractivity contribution in [1.82, 2.24) is 52.8 Å². The molecule has 0 fully saturated rings. The van der Waals surface area contributed by atoms with E-state index in [0.29, 0.717) is 19.0 Å². The number of aryl methyl sites for hydroxylation is 4. The quantitative estimate of drug-likeness (QED) is 0.0930. The van der Waals surface area contributed by atoms with Crippen molar-refractivity contribution < 1.29 is 31.9 Å². The highest BCUT2D eigenvalue weighted by molar-refractivity contribution is 5.90. The number of benzene rings is 5. The lowest BCUT2D eigenvalue weighted by Gasteiger charge is -2.32. The van der Waals surface area contributed by atoms with Gasteiger partial charge in [0.15, 0.2) is 5.78 Å². The van der Waals surface area contributed by atoms with Gasteiger partial charge in [0.25, 0.3) is 0 Å². The highest BCUT2D eigenvalue weighted by Gasteiger charge is 2.35. The van der Waals surface area contributed by atoms with Crippen molar-refractivity contribution in [1.29, 1.82) is 0 Å². The predicted molar refractivity (Wildman–Crippen MR) is 424 cm³/mol. The van der Waals surface area contributed by atoms with Gasteiger partial charge in [0, 0.05) is 207 Å². The number of amides is 1. The number of aromatic nitrogens is 7. The van der Waals surface area contributed by atoms with Crippen LogP contribution in [0.15, 0.2) is 164 Å². The minimum atomic E-state index is -4.40. The van der Waals surface area contributed by atoms with Crippen LogP contribution in [0.4, 0.5) is 17.6 Å². The Balaban J connectivity index is 0.000000127. The zero-order valence-electron chi connectivity index (χ0n) is 64.6. The van der Waals surface area contributed by atoms with Gasteiger partial charge < -0.3 is 48.3 Å². The zero-order chi connectivity index (χ0) is 76.5. The maximum Gasteiger partial charge on any atom is 0.433 e. The number of carbonyl (C=O) groups is 2. The van der Waals surface area contributed by atoms with Gasteiger partial charge in [-0.1, -0.05) is 84.6 Å². The molecule has 0 radical (unpaired) electrons. The molecule has 16 rings (SSSR count). The van der Waals surface area contributed by atoms with E-state index in [4.69, 9.17) is 10.5 Å². The number of ketones is 1. The molecule has 4 aliphatic heterocycles. The number of nitrogens with zero attached hydrogens (tertiary/aromatic N) is 11. The van der Waals surface area contributed by atoms with Gasteiger partial charge >= 0.3 is 6.18 Å². The number of hydrogen-bond donors (Lipinski definition) is 1. The van der Waals surface area contributed by atoms with Crippen molar-refractivity contribution in [2.24, 2.45) is 5.73 Å². The standard InChI is InChI=1S/C24H29N3O2.C22H24F3N3.C22H24FN3O.C21H25N3/c1-17-7-8-22-20(12-17)21-14-26(4)11-9-23(21)27(22)16-24(3,29-15-18(2)28)19-6-5-10-25-13-19;1-14-4-6-19-17(10-14)18-13-27(3)9-8-20(18)28(19)12-15(2)16-5-7-21(26-11-16)22(23,24)25;1-14-3-8-20-17(11-14)19-12-25(2)10-9-21(19)26(20)13-18(22(24)27)15-4-6-16(23)7-5-15;1-15-4-5-20-18(12-15)19-14-23(3)11-8-21(19)24(20)13-16(2)17-6-9-22-10-7-17/h5-8,10,12-13H,9,11,14-16H2,1-4H3;4-7,10-11,15H,8-9,12-13H2,1-3H3;3-8,11,18H,9-10,12-13H2,1-2H3,(H2,24,27);4-7,9-10,12,16H,8,11,13-14H2,1-3H3. The SMILES string of the molecule is CC(=O)COC(C)(Cn1c2c(c3cc(C)ccc31)CN(C)CC2)c1cccnc1.Cc1ccc2c(c1)c1c(n2CC(C(N)=O)c2ccc(F)cc2)CCN(C)C1.Cc1ccc2c(c1)c1c(n2CC(C)c2ccc(C(F)(F)F)nc2)CCN(C)C1.Cc1ccc2c(c1)c1c(n2CC(C)c2ccncc2)CCN(C)C1. The number of likely N-dealkylation sites (N-methyl/N-ethyl adjacent to an activating group) is 4. The second kappa shape index (κ2) is 32.3. The van der Waals surface area contributed by atoms with E-state index in [9.17, 15) is 27.2 Å². The number of primary amides is 1. The van der Waals surface area contributed by atoms with Crippen molar-refractivity contribution >= 4 is 55.3 Å². The van der Waals surface area contributed by atoms with E-state index in [2.05, 4.69) is 207 Å². The van der Waals surface area contributed by atoms with Crippen LogP contribution in [0.3, 0.4) is 0 Å². The predicted octanol–water partition coefficient (Wildman–Crippen LogP) is 16.5. The fourth-order valence-corrected chi connectivity index (χ4v) is 16.6. The van der Waals surface area contributed by atoms with E-state index < -0.39 is 29.3 Å². The minimum absolute atomic E-state index is 0.0248. The highest BCUT2D eigenvalue weighted by Crippen LogP contribution is 2.40. The first-order valence-electron chi connectivity index (χ1n) is 37.9. The molecule has 0 bridgehead atoms.